The molecule has 32 heavy (non-hydrogen) atoms. The van der Waals surface area contributed by atoms with E-state index in [0.717, 1.165) is 42.3 Å². The summed E-state index contributed by atoms with van der Waals surface area (Å²) < 4.78 is 6.26. The Bertz CT molecular complexity index is 1070. The Morgan fingerprint density at radius 3 is 2.69 bits per heavy atom. The van der Waals surface area contributed by atoms with Crippen molar-refractivity contribution in [1.29, 1.82) is 0 Å². The highest BCUT2D eigenvalue weighted by Crippen LogP contribution is 2.33. The van der Waals surface area contributed by atoms with Gasteiger partial charge in [0, 0.05) is 31.9 Å². The van der Waals surface area contributed by atoms with E-state index in [1.165, 1.54) is 17.0 Å². The Labute approximate surface area is 194 Å². The van der Waals surface area contributed by atoms with Crippen LogP contribution in [0.4, 0.5) is 16.5 Å². The first-order chi connectivity index (χ1) is 15.4. The molecule has 1 aliphatic heterocycles. The summed E-state index contributed by atoms with van der Waals surface area (Å²) in [5, 5.41) is 2.73. The molecule has 1 amide bonds. The molecule has 0 radical (unpaired) electrons. The number of aryl methyl sites for hydroxylation is 1. The van der Waals surface area contributed by atoms with Crippen molar-refractivity contribution in [2.75, 3.05) is 36.5 Å². The summed E-state index contributed by atoms with van der Waals surface area (Å²) in [6, 6.07) is 16.2. The SMILES string of the molecule is CCN1C[C@@H](CN(C)Cc2csc(N(C(C)=O)c3ccc(C)cc3)n2)Oc2ccccc21. The number of para-hydroxylation sites is 2. The maximum atomic E-state index is 12.3. The lowest BCUT2D eigenvalue weighted by atomic mass is 10.2. The number of rotatable bonds is 7. The second-order valence-corrected chi connectivity index (χ2v) is 9.09. The van der Waals surface area contributed by atoms with Crippen molar-refractivity contribution >= 4 is 33.8 Å². The normalized spacial score (nSPS) is 15.4. The molecule has 168 valence electrons. The number of carbonyl (C=O) groups is 1. The molecule has 0 bridgehead atoms. The van der Waals surface area contributed by atoms with E-state index in [9.17, 15) is 4.79 Å². The fourth-order valence-corrected chi connectivity index (χ4v) is 4.93. The zero-order valence-electron chi connectivity index (χ0n) is 19.1. The maximum absolute atomic E-state index is 12.3. The standard InChI is InChI=1S/C25H30N4O2S/c1-5-28-16-22(31-24-9-7-6-8-23(24)28)15-27(4)14-20-17-32-25(26-20)29(19(3)30)21-12-10-18(2)11-13-21/h6-13,17,22H,5,14-16H2,1-4H3/t22-/m1/s1. The average molecular weight is 451 g/mol. The van der Waals surface area contributed by atoms with Crippen molar-refractivity contribution in [3.05, 3.63) is 65.2 Å². The molecule has 0 unspecified atom stereocenters. The van der Waals surface area contributed by atoms with Gasteiger partial charge in [-0.05, 0) is 45.2 Å². The fourth-order valence-electron chi connectivity index (χ4n) is 4.05. The third-order valence-corrected chi connectivity index (χ3v) is 6.47. The molecule has 0 spiro atoms. The summed E-state index contributed by atoms with van der Waals surface area (Å²) in [5.74, 6) is 0.905. The van der Waals surface area contributed by atoms with E-state index < -0.39 is 0 Å². The van der Waals surface area contributed by atoms with Gasteiger partial charge in [-0.1, -0.05) is 29.8 Å². The molecule has 1 aromatic heterocycles. The molecule has 0 saturated heterocycles. The summed E-state index contributed by atoms with van der Waals surface area (Å²) >= 11 is 1.50. The minimum atomic E-state index is -0.0444. The van der Waals surface area contributed by atoms with Crippen LogP contribution in [0.25, 0.3) is 0 Å². The van der Waals surface area contributed by atoms with Crippen molar-refractivity contribution in [1.82, 2.24) is 9.88 Å². The van der Waals surface area contributed by atoms with Crippen molar-refractivity contribution in [2.24, 2.45) is 0 Å². The lowest BCUT2D eigenvalue weighted by molar-refractivity contribution is -0.115. The van der Waals surface area contributed by atoms with Gasteiger partial charge in [-0.15, -0.1) is 11.3 Å². The Morgan fingerprint density at radius 1 is 1.22 bits per heavy atom. The van der Waals surface area contributed by atoms with Crippen LogP contribution in [0.5, 0.6) is 5.75 Å². The molecular formula is C25H30N4O2S. The van der Waals surface area contributed by atoms with Crippen molar-refractivity contribution in [2.45, 2.75) is 33.4 Å². The number of hydrogen-bond donors (Lipinski definition) is 0. The fraction of sp³-hybridized carbons (Fsp3) is 0.360. The van der Waals surface area contributed by atoms with Crippen LogP contribution in [0.3, 0.4) is 0 Å². The van der Waals surface area contributed by atoms with Gasteiger partial charge in [-0.25, -0.2) is 4.98 Å². The molecule has 4 rings (SSSR count). The van der Waals surface area contributed by atoms with Crippen molar-refractivity contribution < 1.29 is 9.53 Å². The number of ether oxygens (including phenoxy) is 1. The number of hydrogen-bond acceptors (Lipinski definition) is 6. The van der Waals surface area contributed by atoms with E-state index in [4.69, 9.17) is 9.72 Å². The first-order valence-corrected chi connectivity index (χ1v) is 11.8. The first-order valence-electron chi connectivity index (χ1n) is 11.0. The highest BCUT2D eigenvalue weighted by molar-refractivity contribution is 7.14. The zero-order chi connectivity index (χ0) is 22.7. The van der Waals surface area contributed by atoms with Crippen LogP contribution in [0.15, 0.2) is 53.9 Å². The lowest BCUT2D eigenvalue weighted by Gasteiger charge is -2.37. The van der Waals surface area contributed by atoms with Crippen LogP contribution < -0.4 is 14.5 Å². The van der Waals surface area contributed by atoms with Gasteiger partial charge in [0.15, 0.2) is 5.13 Å². The minimum absolute atomic E-state index is 0.0444. The van der Waals surface area contributed by atoms with Crippen molar-refractivity contribution in [3.63, 3.8) is 0 Å². The Kier molecular flexibility index (Phi) is 6.77. The summed E-state index contributed by atoms with van der Waals surface area (Å²) in [4.78, 5) is 23.4. The third-order valence-electron chi connectivity index (χ3n) is 5.59. The number of aromatic nitrogens is 1. The highest BCUT2D eigenvalue weighted by Gasteiger charge is 2.26. The van der Waals surface area contributed by atoms with Crippen LogP contribution in [-0.4, -0.2) is 48.6 Å². The summed E-state index contributed by atoms with van der Waals surface area (Å²) in [6.07, 6.45) is 0.0919. The van der Waals surface area contributed by atoms with Crippen LogP contribution in [0.2, 0.25) is 0 Å². The molecule has 0 aliphatic carbocycles. The van der Waals surface area contributed by atoms with E-state index in [1.54, 1.807) is 11.8 Å². The van der Waals surface area contributed by atoms with E-state index in [2.05, 4.69) is 35.9 Å². The third kappa shape index (κ3) is 4.95. The van der Waals surface area contributed by atoms with Gasteiger partial charge in [0.05, 0.1) is 23.6 Å². The predicted octanol–water partition coefficient (Wildman–Crippen LogP) is 4.86. The number of thiazole rings is 1. The molecule has 0 N–H and O–H groups in total. The van der Waals surface area contributed by atoms with Gasteiger partial charge in [0.2, 0.25) is 5.91 Å². The van der Waals surface area contributed by atoms with Crippen LogP contribution in [0.1, 0.15) is 25.1 Å². The summed E-state index contributed by atoms with van der Waals surface area (Å²) in [5.41, 5.74) is 4.12. The number of carbonyl (C=O) groups excluding carboxylic acids is 1. The molecule has 1 aliphatic rings. The molecule has 0 saturated carbocycles. The number of likely N-dealkylation sites (N-methyl/N-ethyl adjacent to an activating group) is 2. The van der Waals surface area contributed by atoms with E-state index in [-0.39, 0.29) is 12.0 Å². The number of amides is 1. The molecular weight excluding hydrogens is 420 g/mol. The van der Waals surface area contributed by atoms with Gasteiger partial charge in [-0.2, -0.15) is 0 Å². The smallest absolute Gasteiger partial charge is 0.230 e. The molecule has 3 aromatic rings. The minimum Gasteiger partial charge on any atom is -0.485 e. The first kappa shape index (κ1) is 22.3. The van der Waals surface area contributed by atoms with Crippen LogP contribution in [0, 0.1) is 6.92 Å². The largest absolute Gasteiger partial charge is 0.485 e. The highest BCUT2D eigenvalue weighted by atomic mass is 32.1. The molecule has 2 aromatic carbocycles. The zero-order valence-corrected chi connectivity index (χ0v) is 19.9. The van der Waals surface area contributed by atoms with Crippen LogP contribution >= 0.6 is 11.3 Å². The Balaban J connectivity index is 1.42. The van der Waals surface area contributed by atoms with Gasteiger partial charge in [0.1, 0.15) is 11.9 Å². The van der Waals surface area contributed by atoms with E-state index in [0.29, 0.717) is 11.7 Å². The number of anilines is 3. The molecule has 7 heteroatoms. The Hall–Kier alpha value is -2.90. The van der Waals surface area contributed by atoms with Crippen molar-refractivity contribution in [3.8, 4) is 5.75 Å². The maximum Gasteiger partial charge on any atom is 0.230 e. The van der Waals surface area contributed by atoms with E-state index >= 15 is 0 Å². The second-order valence-electron chi connectivity index (χ2n) is 8.25. The average Bonchev–Trinajstić information content (AvgIpc) is 3.21. The number of benzene rings is 2. The van der Waals surface area contributed by atoms with Gasteiger partial charge >= 0.3 is 0 Å². The number of fused-ring (bicyclic) bond motifs is 1. The Morgan fingerprint density at radius 2 is 1.97 bits per heavy atom. The van der Waals surface area contributed by atoms with Gasteiger partial charge in [0.25, 0.3) is 0 Å². The molecule has 6 nitrogen and oxygen atoms in total. The summed E-state index contributed by atoms with van der Waals surface area (Å²) in [7, 11) is 2.09. The number of nitrogens with zero attached hydrogens (tertiary/aromatic N) is 4. The van der Waals surface area contributed by atoms with E-state index in [1.807, 2.05) is 48.7 Å². The molecule has 0 fully saturated rings. The predicted molar refractivity (Wildman–Crippen MR) is 131 cm³/mol. The monoisotopic (exact) mass is 450 g/mol. The summed E-state index contributed by atoms with van der Waals surface area (Å²) in [6.45, 7) is 9.10. The van der Waals surface area contributed by atoms with Crippen LogP contribution in [-0.2, 0) is 11.3 Å². The lowest BCUT2D eigenvalue weighted by Crippen LogP contribution is -2.45. The molecule has 1 atom stereocenters. The second kappa shape index (κ2) is 9.71. The molecule has 2 heterocycles. The quantitative estimate of drug-likeness (QED) is 0.515. The topological polar surface area (TPSA) is 48.9 Å². The van der Waals surface area contributed by atoms with Gasteiger partial charge < -0.3 is 9.64 Å². The van der Waals surface area contributed by atoms with Gasteiger partial charge in [-0.3, -0.25) is 14.6 Å².